The van der Waals surface area contributed by atoms with E-state index in [0.29, 0.717) is 18.9 Å². The summed E-state index contributed by atoms with van der Waals surface area (Å²) in [7, 11) is 3.16. The monoisotopic (exact) mass is 441 g/mol. The first-order valence-corrected chi connectivity index (χ1v) is 10.2. The molecule has 168 valence electrons. The molecule has 10 heteroatoms. The maximum absolute atomic E-state index is 13.4. The van der Waals surface area contributed by atoms with E-state index in [4.69, 9.17) is 4.74 Å². The number of fused-ring (bicyclic) bond motifs is 3. The van der Waals surface area contributed by atoms with Crippen LogP contribution in [0.3, 0.4) is 0 Å². The summed E-state index contributed by atoms with van der Waals surface area (Å²) in [5, 5.41) is 0. The van der Waals surface area contributed by atoms with Crippen LogP contribution in [0, 0.1) is 19.7 Å². The highest BCUT2D eigenvalue weighted by atomic mass is 19.1. The van der Waals surface area contributed by atoms with Gasteiger partial charge in [0.05, 0.1) is 6.54 Å². The number of hydrogen-bond donors (Lipinski definition) is 0. The number of ether oxygens (including phenoxy) is 1. The number of halogens is 1. The predicted molar refractivity (Wildman–Crippen MR) is 117 cm³/mol. The van der Waals surface area contributed by atoms with Gasteiger partial charge >= 0.3 is 5.69 Å². The standard InChI is InChI=1S/C22H24FN5O4/c1-13-14(2)28-18-19(24-21(28)26(13)10-5-11-32-4)25(3)22(31)27(20(18)30)12-17(29)15-6-8-16(23)9-7-15/h6-9H,5,10-12H2,1-4H3. The zero-order valence-electron chi connectivity index (χ0n) is 18.4. The average Bonchev–Trinajstić information content (AvgIpc) is 3.27. The van der Waals surface area contributed by atoms with Crippen LogP contribution < -0.4 is 11.2 Å². The quantitative estimate of drug-likeness (QED) is 0.322. The van der Waals surface area contributed by atoms with Gasteiger partial charge in [-0.15, -0.1) is 0 Å². The second kappa shape index (κ2) is 8.19. The van der Waals surface area contributed by atoms with Crippen molar-refractivity contribution < 1.29 is 13.9 Å². The van der Waals surface area contributed by atoms with Gasteiger partial charge in [-0.2, -0.15) is 4.98 Å². The molecule has 0 fully saturated rings. The number of nitrogens with zero attached hydrogens (tertiary/aromatic N) is 5. The van der Waals surface area contributed by atoms with Gasteiger partial charge in [-0.1, -0.05) is 0 Å². The number of benzene rings is 1. The summed E-state index contributed by atoms with van der Waals surface area (Å²) in [5.41, 5.74) is 1.25. The minimum absolute atomic E-state index is 0.218. The first-order valence-electron chi connectivity index (χ1n) is 10.2. The van der Waals surface area contributed by atoms with E-state index in [1.165, 1.54) is 23.7 Å². The Kier molecular flexibility index (Phi) is 5.55. The van der Waals surface area contributed by atoms with Crippen molar-refractivity contribution in [1.29, 1.82) is 0 Å². The number of methoxy groups -OCH3 is 1. The molecule has 0 atom stereocenters. The van der Waals surface area contributed by atoms with E-state index in [0.717, 1.165) is 34.5 Å². The Balaban J connectivity index is 1.89. The molecule has 4 aromatic rings. The van der Waals surface area contributed by atoms with Crippen molar-refractivity contribution in [3.63, 3.8) is 0 Å². The lowest BCUT2D eigenvalue weighted by molar-refractivity contribution is 0.0969. The second-order valence-electron chi connectivity index (χ2n) is 7.75. The van der Waals surface area contributed by atoms with Crippen molar-refractivity contribution in [2.24, 2.45) is 7.05 Å². The third-order valence-electron chi connectivity index (χ3n) is 5.83. The molecule has 0 aliphatic heterocycles. The summed E-state index contributed by atoms with van der Waals surface area (Å²) in [5.74, 6) is -0.381. The number of Topliss-reactive ketones (excluding diaryl/α,β-unsaturated/α-hetero) is 1. The summed E-state index contributed by atoms with van der Waals surface area (Å²) in [4.78, 5) is 43.6. The lowest BCUT2D eigenvalue weighted by atomic mass is 10.1. The zero-order valence-corrected chi connectivity index (χ0v) is 18.4. The number of rotatable bonds is 7. The summed E-state index contributed by atoms with van der Waals surface area (Å²) in [6.07, 6.45) is 0.764. The number of carbonyl (C=O) groups excluding carboxylic acids is 1. The SMILES string of the molecule is COCCCn1c(C)c(C)n2c3c(=O)n(CC(=O)c4ccc(F)cc4)c(=O)n(C)c3nc12. The van der Waals surface area contributed by atoms with E-state index in [1.54, 1.807) is 11.5 Å². The molecule has 0 saturated carbocycles. The van der Waals surface area contributed by atoms with Gasteiger partial charge < -0.3 is 9.30 Å². The van der Waals surface area contributed by atoms with E-state index in [2.05, 4.69) is 4.98 Å². The lowest BCUT2D eigenvalue weighted by Crippen LogP contribution is -2.41. The number of aryl methyl sites for hydroxylation is 3. The van der Waals surface area contributed by atoms with Crippen LogP contribution in [0.25, 0.3) is 16.9 Å². The van der Waals surface area contributed by atoms with Gasteiger partial charge in [0.1, 0.15) is 5.82 Å². The van der Waals surface area contributed by atoms with E-state index in [-0.39, 0.29) is 16.7 Å². The Morgan fingerprint density at radius 2 is 1.78 bits per heavy atom. The molecule has 0 radical (unpaired) electrons. The predicted octanol–water partition coefficient (Wildman–Crippen LogP) is 1.82. The molecule has 0 bridgehead atoms. The van der Waals surface area contributed by atoms with Crippen molar-refractivity contribution in [3.05, 3.63) is 67.9 Å². The molecule has 0 amide bonds. The molecule has 0 aliphatic carbocycles. The maximum atomic E-state index is 13.4. The number of carbonyl (C=O) groups is 1. The van der Waals surface area contributed by atoms with Crippen LogP contribution in [0.15, 0.2) is 33.9 Å². The largest absolute Gasteiger partial charge is 0.385 e. The number of ketones is 1. The first-order chi connectivity index (χ1) is 15.3. The maximum Gasteiger partial charge on any atom is 0.332 e. The zero-order chi connectivity index (χ0) is 23.2. The summed E-state index contributed by atoms with van der Waals surface area (Å²) >= 11 is 0. The molecule has 4 rings (SSSR count). The van der Waals surface area contributed by atoms with E-state index in [1.807, 2.05) is 18.4 Å². The van der Waals surface area contributed by atoms with E-state index >= 15 is 0 Å². The van der Waals surface area contributed by atoms with Gasteiger partial charge in [-0.3, -0.25) is 23.1 Å². The minimum atomic E-state index is -0.640. The molecule has 0 spiro atoms. The van der Waals surface area contributed by atoms with Gasteiger partial charge in [0.2, 0.25) is 5.78 Å². The first kappa shape index (κ1) is 21.7. The molecule has 1 aromatic carbocycles. The van der Waals surface area contributed by atoms with Gasteiger partial charge in [0, 0.05) is 44.3 Å². The molecule has 0 saturated heterocycles. The summed E-state index contributed by atoms with van der Waals surface area (Å²) in [6, 6.07) is 4.99. The fourth-order valence-corrected chi connectivity index (χ4v) is 3.96. The Labute approximate surface area is 182 Å². The topological polar surface area (TPSA) is 92.5 Å². The molecule has 3 aromatic heterocycles. The third-order valence-corrected chi connectivity index (χ3v) is 5.83. The van der Waals surface area contributed by atoms with Crippen LogP contribution in [0.1, 0.15) is 28.2 Å². The van der Waals surface area contributed by atoms with Crippen molar-refractivity contribution in [1.82, 2.24) is 23.1 Å². The number of aromatic nitrogens is 5. The molecule has 0 unspecified atom stereocenters. The van der Waals surface area contributed by atoms with Crippen LogP contribution >= 0.6 is 0 Å². The van der Waals surface area contributed by atoms with Gasteiger partial charge in [0.15, 0.2) is 16.9 Å². The molecular formula is C22H24FN5O4. The van der Waals surface area contributed by atoms with Crippen LogP contribution in [0.5, 0.6) is 0 Å². The van der Waals surface area contributed by atoms with Gasteiger partial charge in [-0.05, 0) is 44.5 Å². The normalized spacial score (nSPS) is 11.7. The van der Waals surface area contributed by atoms with Crippen LogP contribution in [0.4, 0.5) is 4.39 Å². The summed E-state index contributed by atoms with van der Waals surface area (Å²) < 4.78 is 24.2. The van der Waals surface area contributed by atoms with Crippen molar-refractivity contribution in [2.75, 3.05) is 13.7 Å². The smallest absolute Gasteiger partial charge is 0.332 e. The van der Waals surface area contributed by atoms with Gasteiger partial charge in [-0.25, -0.2) is 9.18 Å². The highest BCUT2D eigenvalue weighted by Crippen LogP contribution is 2.21. The van der Waals surface area contributed by atoms with Crippen molar-refractivity contribution in [2.45, 2.75) is 33.4 Å². The Morgan fingerprint density at radius 3 is 2.44 bits per heavy atom. The molecule has 0 N–H and O–H groups in total. The molecular weight excluding hydrogens is 417 g/mol. The van der Waals surface area contributed by atoms with Crippen LogP contribution in [-0.2, 0) is 24.9 Å². The van der Waals surface area contributed by atoms with Crippen LogP contribution in [-0.4, -0.2) is 42.6 Å². The molecule has 32 heavy (non-hydrogen) atoms. The van der Waals surface area contributed by atoms with Crippen LogP contribution in [0.2, 0.25) is 0 Å². The Hall–Kier alpha value is -3.53. The second-order valence-corrected chi connectivity index (χ2v) is 7.75. The highest BCUT2D eigenvalue weighted by Gasteiger charge is 2.23. The highest BCUT2D eigenvalue weighted by molar-refractivity contribution is 5.96. The minimum Gasteiger partial charge on any atom is -0.385 e. The lowest BCUT2D eigenvalue weighted by Gasteiger charge is -2.08. The molecule has 3 heterocycles. The Bertz CT molecular complexity index is 1460. The van der Waals surface area contributed by atoms with Crippen molar-refractivity contribution in [3.8, 4) is 0 Å². The molecule has 0 aliphatic rings. The average molecular weight is 441 g/mol. The van der Waals surface area contributed by atoms with Crippen molar-refractivity contribution >= 4 is 22.7 Å². The summed E-state index contributed by atoms with van der Waals surface area (Å²) in [6.45, 7) is 4.61. The Morgan fingerprint density at radius 1 is 1.09 bits per heavy atom. The van der Waals surface area contributed by atoms with E-state index in [9.17, 15) is 18.8 Å². The fraction of sp³-hybridized carbons (Fsp3) is 0.364. The molecule has 9 nitrogen and oxygen atoms in total. The number of imidazole rings is 2. The fourth-order valence-electron chi connectivity index (χ4n) is 3.96. The number of hydrogen-bond acceptors (Lipinski definition) is 5. The van der Waals surface area contributed by atoms with E-state index < -0.39 is 29.4 Å². The van der Waals surface area contributed by atoms with Gasteiger partial charge in [0.25, 0.3) is 5.56 Å². The third kappa shape index (κ3) is 3.36.